The van der Waals surface area contributed by atoms with Crippen LogP contribution < -0.4 is 10.2 Å². The van der Waals surface area contributed by atoms with Crippen LogP contribution in [0, 0.1) is 5.82 Å². The van der Waals surface area contributed by atoms with Gasteiger partial charge in [0, 0.05) is 21.1 Å². The van der Waals surface area contributed by atoms with Crippen LogP contribution in [0.25, 0.3) is 0 Å². The van der Waals surface area contributed by atoms with Gasteiger partial charge in [0.2, 0.25) is 0 Å². The van der Waals surface area contributed by atoms with Crippen molar-refractivity contribution in [3.8, 4) is 5.75 Å². The second-order valence-electron chi connectivity index (χ2n) is 4.08. The fourth-order valence-corrected chi connectivity index (χ4v) is 1.99. The lowest BCUT2D eigenvalue weighted by atomic mass is 9.79. The van der Waals surface area contributed by atoms with E-state index in [2.05, 4.69) is 0 Å². The molecule has 0 amide bonds. The molecule has 0 fully saturated rings. The number of hydrogen-bond donors (Lipinski definition) is 2. The molecule has 7 heteroatoms. The first-order valence-electron chi connectivity index (χ1n) is 5.69. The maximum absolute atomic E-state index is 13.6. The lowest BCUT2D eigenvalue weighted by Crippen LogP contribution is -2.31. The maximum atomic E-state index is 13.6. The summed E-state index contributed by atoms with van der Waals surface area (Å²) in [4.78, 5) is 0. The molecule has 0 unspecified atom stereocenters. The van der Waals surface area contributed by atoms with Crippen molar-refractivity contribution in [2.75, 3.05) is 0 Å². The molecule has 0 saturated heterocycles. The molecule has 0 radical (unpaired) electrons. The maximum Gasteiger partial charge on any atom is 0.492 e. The van der Waals surface area contributed by atoms with Crippen LogP contribution in [0.5, 0.6) is 5.75 Å². The summed E-state index contributed by atoms with van der Waals surface area (Å²) < 4.78 is 19.0. The Morgan fingerprint density at radius 3 is 2.35 bits per heavy atom. The standard InChI is InChI=1S/C13H10BCl2FO3/c15-9-3-4-13(11(5-9)14(18)19)20-7-8-1-2-10(16)6-12(8)17/h1-6,18-19H,7H2. The van der Waals surface area contributed by atoms with E-state index < -0.39 is 12.9 Å². The minimum atomic E-state index is -1.72. The average Bonchev–Trinajstić information content (AvgIpc) is 2.38. The molecule has 104 valence electrons. The first kappa shape index (κ1) is 15.1. The van der Waals surface area contributed by atoms with Gasteiger partial charge in [0.25, 0.3) is 0 Å². The first-order valence-corrected chi connectivity index (χ1v) is 6.45. The van der Waals surface area contributed by atoms with Gasteiger partial charge in [0.05, 0.1) is 0 Å². The highest BCUT2D eigenvalue weighted by molar-refractivity contribution is 6.60. The molecule has 0 aliphatic carbocycles. The highest BCUT2D eigenvalue weighted by Gasteiger charge is 2.18. The molecule has 0 bridgehead atoms. The van der Waals surface area contributed by atoms with Crippen LogP contribution in [0.15, 0.2) is 36.4 Å². The van der Waals surface area contributed by atoms with E-state index in [9.17, 15) is 14.4 Å². The highest BCUT2D eigenvalue weighted by atomic mass is 35.5. The van der Waals surface area contributed by atoms with Gasteiger partial charge in [0.1, 0.15) is 18.2 Å². The molecule has 0 saturated carbocycles. The molecule has 0 aliphatic rings. The Hall–Kier alpha value is -1.27. The second-order valence-corrected chi connectivity index (χ2v) is 4.95. The Balaban J connectivity index is 2.18. The van der Waals surface area contributed by atoms with E-state index in [0.717, 1.165) is 0 Å². The summed E-state index contributed by atoms with van der Waals surface area (Å²) in [6.07, 6.45) is 0. The topological polar surface area (TPSA) is 49.7 Å². The average molecular weight is 315 g/mol. The van der Waals surface area contributed by atoms with Crippen molar-refractivity contribution in [1.82, 2.24) is 0 Å². The monoisotopic (exact) mass is 314 g/mol. The van der Waals surface area contributed by atoms with Crippen LogP contribution >= 0.6 is 23.2 Å². The largest absolute Gasteiger partial charge is 0.492 e. The zero-order chi connectivity index (χ0) is 14.7. The van der Waals surface area contributed by atoms with E-state index >= 15 is 0 Å². The van der Waals surface area contributed by atoms with Gasteiger partial charge in [-0.2, -0.15) is 0 Å². The Morgan fingerprint density at radius 2 is 1.70 bits per heavy atom. The summed E-state index contributed by atoms with van der Waals surface area (Å²) in [6, 6.07) is 8.64. The molecule has 2 N–H and O–H groups in total. The number of halogens is 3. The van der Waals surface area contributed by atoms with E-state index in [-0.39, 0.29) is 17.8 Å². The molecule has 3 nitrogen and oxygen atoms in total. The Labute approximate surface area is 125 Å². The molecule has 0 spiro atoms. The summed E-state index contributed by atoms with van der Waals surface area (Å²) in [5.74, 6) is -0.267. The fraction of sp³-hybridized carbons (Fsp3) is 0.0769. The van der Waals surface area contributed by atoms with Crippen molar-refractivity contribution in [2.45, 2.75) is 6.61 Å². The van der Waals surface area contributed by atoms with Crippen LogP contribution in [0.1, 0.15) is 5.56 Å². The van der Waals surface area contributed by atoms with Gasteiger partial charge in [-0.25, -0.2) is 4.39 Å². The van der Waals surface area contributed by atoms with Crippen molar-refractivity contribution >= 4 is 35.8 Å². The molecule has 2 aromatic rings. The number of hydrogen-bond acceptors (Lipinski definition) is 3. The third-order valence-corrected chi connectivity index (χ3v) is 3.12. The van der Waals surface area contributed by atoms with Gasteiger partial charge in [-0.3, -0.25) is 0 Å². The van der Waals surface area contributed by atoms with E-state index in [0.29, 0.717) is 15.6 Å². The zero-order valence-corrected chi connectivity index (χ0v) is 11.7. The van der Waals surface area contributed by atoms with Gasteiger partial charge in [-0.05, 0) is 30.3 Å². The number of rotatable bonds is 4. The SMILES string of the molecule is OB(O)c1cc(Cl)ccc1OCc1ccc(Cl)cc1F. The predicted octanol–water partition coefficient (Wildman–Crippen LogP) is 2.39. The van der Waals surface area contributed by atoms with Crippen molar-refractivity contribution < 1.29 is 19.2 Å². The van der Waals surface area contributed by atoms with Gasteiger partial charge in [-0.1, -0.05) is 29.3 Å². The zero-order valence-electron chi connectivity index (χ0n) is 10.2. The minimum absolute atomic E-state index is 0.0651. The van der Waals surface area contributed by atoms with Crippen LogP contribution in [0.3, 0.4) is 0 Å². The predicted molar refractivity (Wildman–Crippen MR) is 77.0 cm³/mol. The van der Waals surface area contributed by atoms with E-state index in [1.807, 2.05) is 0 Å². The molecule has 0 heterocycles. The third-order valence-electron chi connectivity index (χ3n) is 2.65. The lowest BCUT2D eigenvalue weighted by Gasteiger charge is -2.12. The van der Waals surface area contributed by atoms with Gasteiger partial charge >= 0.3 is 7.12 Å². The smallest absolute Gasteiger partial charge is 0.489 e. The summed E-state index contributed by atoms with van der Waals surface area (Å²) in [7, 11) is -1.72. The Morgan fingerprint density at radius 1 is 1.05 bits per heavy atom. The third kappa shape index (κ3) is 3.64. The molecule has 20 heavy (non-hydrogen) atoms. The van der Waals surface area contributed by atoms with Gasteiger partial charge in [0.15, 0.2) is 0 Å². The lowest BCUT2D eigenvalue weighted by molar-refractivity contribution is 0.300. The van der Waals surface area contributed by atoms with Crippen LogP contribution in [-0.4, -0.2) is 17.2 Å². The molecular weight excluding hydrogens is 305 g/mol. The summed E-state index contributed by atoms with van der Waals surface area (Å²) >= 11 is 11.4. The van der Waals surface area contributed by atoms with Crippen LogP contribution in [0.4, 0.5) is 4.39 Å². The molecule has 0 atom stereocenters. The molecule has 2 rings (SSSR count). The van der Waals surface area contributed by atoms with Crippen LogP contribution in [0.2, 0.25) is 10.0 Å². The summed E-state index contributed by atoms with van der Waals surface area (Å²) in [5, 5.41) is 19.1. The molecule has 0 aliphatic heterocycles. The summed E-state index contributed by atoms with van der Waals surface area (Å²) in [5.41, 5.74) is 0.426. The van der Waals surface area contributed by atoms with E-state index in [1.54, 1.807) is 12.1 Å². The quantitative estimate of drug-likeness (QED) is 0.852. The Kier molecular flexibility index (Phi) is 4.88. The minimum Gasteiger partial charge on any atom is -0.489 e. The van der Waals surface area contributed by atoms with Gasteiger partial charge in [-0.15, -0.1) is 0 Å². The van der Waals surface area contributed by atoms with Crippen LogP contribution in [-0.2, 0) is 6.61 Å². The Bertz CT molecular complexity index is 623. The number of benzene rings is 2. The van der Waals surface area contributed by atoms with Crippen molar-refractivity contribution in [3.63, 3.8) is 0 Å². The van der Waals surface area contributed by atoms with E-state index in [4.69, 9.17) is 27.9 Å². The van der Waals surface area contributed by atoms with Crippen molar-refractivity contribution in [2.24, 2.45) is 0 Å². The van der Waals surface area contributed by atoms with E-state index in [1.165, 1.54) is 24.3 Å². The highest BCUT2D eigenvalue weighted by Crippen LogP contribution is 2.18. The van der Waals surface area contributed by atoms with Gasteiger partial charge < -0.3 is 14.8 Å². The normalized spacial score (nSPS) is 10.4. The summed E-state index contributed by atoms with van der Waals surface area (Å²) in [6.45, 7) is -0.0651. The molecular formula is C13H10BCl2FO3. The fourth-order valence-electron chi connectivity index (χ4n) is 1.65. The second kappa shape index (κ2) is 6.46. The van der Waals surface area contributed by atoms with Crippen molar-refractivity contribution in [1.29, 1.82) is 0 Å². The first-order chi connectivity index (χ1) is 9.47. The van der Waals surface area contributed by atoms with Crippen molar-refractivity contribution in [3.05, 3.63) is 57.8 Å². The molecule has 2 aromatic carbocycles. The molecule has 0 aromatic heterocycles. The number of ether oxygens (including phenoxy) is 1.